The second-order valence-corrected chi connectivity index (χ2v) is 7.26. The van der Waals surface area contributed by atoms with Gasteiger partial charge < -0.3 is 10.4 Å². The molecule has 2 N–H and O–H groups in total. The third-order valence-corrected chi connectivity index (χ3v) is 4.64. The molecule has 1 amide bonds. The second-order valence-electron chi connectivity index (χ2n) is 5.24. The molecule has 0 unspecified atom stereocenters. The molecule has 0 aliphatic heterocycles. The van der Waals surface area contributed by atoms with E-state index in [1.54, 1.807) is 12.1 Å². The molecule has 1 aliphatic rings. The molecular formula is C14H17NO5S. The van der Waals surface area contributed by atoms with E-state index in [1.165, 1.54) is 12.1 Å². The van der Waals surface area contributed by atoms with Gasteiger partial charge in [-0.3, -0.25) is 9.59 Å². The normalized spacial score (nSPS) is 20.8. The van der Waals surface area contributed by atoms with Crippen LogP contribution in [0.5, 0.6) is 0 Å². The summed E-state index contributed by atoms with van der Waals surface area (Å²) in [6.45, 7) is 0.403. The van der Waals surface area contributed by atoms with Gasteiger partial charge in [0.25, 0.3) is 0 Å². The van der Waals surface area contributed by atoms with Crippen molar-refractivity contribution in [2.75, 3.05) is 12.8 Å². The Kier molecular flexibility index (Phi) is 4.32. The first-order chi connectivity index (χ1) is 9.79. The van der Waals surface area contributed by atoms with Crippen LogP contribution in [-0.2, 0) is 25.8 Å². The zero-order valence-electron chi connectivity index (χ0n) is 11.6. The van der Waals surface area contributed by atoms with Gasteiger partial charge in [-0.2, -0.15) is 0 Å². The molecule has 1 saturated carbocycles. The van der Waals surface area contributed by atoms with E-state index in [4.69, 9.17) is 5.11 Å². The lowest BCUT2D eigenvalue weighted by Gasteiger charge is -2.05. The van der Waals surface area contributed by atoms with Crippen molar-refractivity contribution in [2.45, 2.75) is 17.7 Å². The van der Waals surface area contributed by atoms with Crippen LogP contribution in [0.1, 0.15) is 12.0 Å². The van der Waals surface area contributed by atoms with Crippen molar-refractivity contribution in [1.29, 1.82) is 0 Å². The van der Waals surface area contributed by atoms with Crippen LogP contribution in [-0.4, -0.2) is 38.2 Å². The number of aliphatic carboxylic acids is 1. The number of carbonyl (C=O) groups excluding carboxylic acids is 1. The number of amides is 1. The lowest BCUT2D eigenvalue weighted by atomic mass is 10.1. The lowest BCUT2D eigenvalue weighted by molar-refractivity contribution is -0.140. The molecule has 114 valence electrons. The van der Waals surface area contributed by atoms with E-state index in [2.05, 4.69) is 5.32 Å². The molecule has 7 heteroatoms. The summed E-state index contributed by atoms with van der Waals surface area (Å²) in [5, 5.41) is 11.4. The van der Waals surface area contributed by atoms with Crippen LogP contribution in [0.2, 0.25) is 0 Å². The van der Waals surface area contributed by atoms with Gasteiger partial charge in [0, 0.05) is 12.8 Å². The van der Waals surface area contributed by atoms with Gasteiger partial charge in [-0.15, -0.1) is 0 Å². The SMILES string of the molecule is CS(=O)(=O)c1ccc(CCNC(=O)[C@@H]2C[C@H]2C(=O)O)cc1. The van der Waals surface area contributed by atoms with E-state index >= 15 is 0 Å². The van der Waals surface area contributed by atoms with Crippen molar-refractivity contribution in [1.82, 2.24) is 5.32 Å². The molecule has 0 heterocycles. The van der Waals surface area contributed by atoms with Gasteiger partial charge in [0.05, 0.1) is 16.7 Å². The van der Waals surface area contributed by atoms with Crippen molar-refractivity contribution in [3.05, 3.63) is 29.8 Å². The summed E-state index contributed by atoms with van der Waals surface area (Å²) in [7, 11) is -3.20. The maximum atomic E-state index is 11.6. The Hall–Kier alpha value is -1.89. The number of benzene rings is 1. The number of sulfone groups is 1. The Morgan fingerprint density at radius 3 is 2.33 bits per heavy atom. The molecular weight excluding hydrogens is 294 g/mol. The molecule has 1 aromatic rings. The summed E-state index contributed by atoms with van der Waals surface area (Å²) in [6.07, 6.45) is 2.13. The van der Waals surface area contributed by atoms with Crippen molar-refractivity contribution in [2.24, 2.45) is 11.8 Å². The number of rotatable bonds is 6. The number of carbonyl (C=O) groups is 2. The summed E-state index contributed by atoms with van der Waals surface area (Å²) in [5.74, 6) is -2.10. The predicted molar refractivity (Wildman–Crippen MR) is 75.5 cm³/mol. The standard InChI is InChI=1S/C14H17NO5S/c1-21(19,20)10-4-2-9(3-5-10)6-7-15-13(16)11-8-12(11)14(17)18/h2-5,11-12H,6-8H2,1H3,(H,15,16)(H,17,18)/t11-,12-/m1/s1. The predicted octanol–water partition coefficient (Wildman–Crippen LogP) is 0.469. The minimum absolute atomic E-state index is 0.227. The first-order valence-electron chi connectivity index (χ1n) is 6.58. The van der Waals surface area contributed by atoms with Crippen LogP contribution in [0.4, 0.5) is 0 Å². The minimum Gasteiger partial charge on any atom is -0.481 e. The zero-order valence-corrected chi connectivity index (χ0v) is 12.4. The van der Waals surface area contributed by atoms with Gasteiger partial charge in [0.2, 0.25) is 5.91 Å². The molecule has 6 nitrogen and oxygen atoms in total. The molecule has 0 bridgehead atoms. The highest BCUT2D eigenvalue weighted by Gasteiger charge is 2.48. The lowest BCUT2D eigenvalue weighted by Crippen LogP contribution is -2.28. The van der Waals surface area contributed by atoms with Crippen molar-refractivity contribution in [3.63, 3.8) is 0 Å². The van der Waals surface area contributed by atoms with Crippen LogP contribution >= 0.6 is 0 Å². The molecule has 0 spiro atoms. The largest absolute Gasteiger partial charge is 0.481 e. The van der Waals surface area contributed by atoms with Gasteiger partial charge >= 0.3 is 5.97 Å². The number of carboxylic acid groups (broad SMARTS) is 1. The van der Waals surface area contributed by atoms with Crippen molar-refractivity contribution >= 4 is 21.7 Å². The Labute approximate surface area is 123 Å². The first kappa shape index (κ1) is 15.5. The van der Waals surface area contributed by atoms with Crippen LogP contribution < -0.4 is 5.32 Å². The highest BCUT2D eigenvalue weighted by atomic mass is 32.2. The van der Waals surface area contributed by atoms with Gasteiger partial charge in [0.15, 0.2) is 9.84 Å². The van der Waals surface area contributed by atoms with E-state index < -0.39 is 27.6 Å². The molecule has 1 aromatic carbocycles. The van der Waals surface area contributed by atoms with E-state index in [0.29, 0.717) is 19.4 Å². The fourth-order valence-electron chi connectivity index (χ4n) is 2.12. The van der Waals surface area contributed by atoms with E-state index in [-0.39, 0.29) is 10.8 Å². The number of hydrogen-bond acceptors (Lipinski definition) is 4. The van der Waals surface area contributed by atoms with Crippen LogP contribution in [0.3, 0.4) is 0 Å². The number of hydrogen-bond donors (Lipinski definition) is 2. The topological polar surface area (TPSA) is 101 Å². The fourth-order valence-corrected chi connectivity index (χ4v) is 2.75. The summed E-state index contributed by atoms with van der Waals surface area (Å²) in [6, 6.07) is 6.49. The summed E-state index contributed by atoms with van der Waals surface area (Å²) in [5.41, 5.74) is 0.910. The average molecular weight is 311 g/mol. The zero-order chi connectivity index (χ0) is 15.6. The quantitative estimate of drug-likeness (QED) is 0.795. The highest BCUT2D eigenvalue weighted by molar-refractivity contribution is 7.90. The third kappa shape index (κ3) is 4.04. The summed E-state index contributed by atoms with van der Waals surface area (Å²) in [4.78, 5) is 22.6. The van der Waals surface area contributed by atoms with Gasteiger partial charge in [-0.1, -0.05) is 12.1 Å². The smallest absolute Gasteiger partial charge is 0.307 e. The number of carboxylic acids is 1. The van der Waals surface area contributed by atoms with Crippen molar-refractivity contribution < 1.29 is 23.1 Å². The maximum absolute atomic E-state index is 11.6. The van der Waals surface area contributed by atoms with Crippen molar-refractivity contribution in [3.8, 4) is 0 Å². The van der Waals surface area contributed by atoms with E-state index in [9.17, 15) is 18.0 Å². The minimum atomic E-state index is -3.20. The third-order valence-electron chi connectivity index (χ3n) is 3.51. The molecule has 1 fully saturated rings. The van der Waals surface area contributed by atoms with E-state index in [0.717, 1.165) is 11.8 Å². The number of nitrogens with one attached hydrogen (secondary N) is 1. The Morgan fingerprint density at radius 1 is 1.24 bits per heavy atom. The maximum Gasteiger partial charge on any atom is 0.307 e. The molecule has 0 saturated heterocycles. The Balaban J connectivity index is 1.79. The van der Waals surface area contributed by atoms with Crippen LogP contribution in [0, 0.1) is 11.8 Å². The first-order valence-corrected chi connectivity index (χ1v) is 8.47. The molecule has 0 radical (unpaired) electrons. The van der Waals surface area contributed by atoms with Gasteiger partial charge in [-0.05, 0) is 30.5 Å². The van der Waals surface area contributed by atoms with Gasteiger partial charge in [-0.25, -0.2) is 8.42 Å². The molecule has 2 rings (SSSR count). The van der Waals surface area contributed by atoms with Crippen LogP contribution in [0.15, 0.2) is 29.2 Å². The van der Waals surface area contributed by atoms with Gasteiger partial charge in [0.1, 0.15) is 0 Å². The van der Waals surface area contributed by atoms with Crippen LogP contribution in [0.25, 0.3) is 0 Å². The monoisotopic (exact) mass is 311 g/mol. The molecule has 21 heavy (non-hydrogen) atoms. The Bertz CT molecular complexity index is 650. The molecule has 2 atom stereocenters. The molecule has 0 aromatic heterocycles. The molecule has 1 aliphatic carbocycles. The highest BCUT2D eigenvalue weighted by Crippen LogP contribution is 2.38. The Morgan fingerprint density at radius 2 is 1.86 bits per heavy atom. The summed E-state index contributed by atoms with van der Waals surface area (Å²) >= 11 is 0. The van der Waals surface area contributed by atoms with E-state index in [1.807, 2.05) is 0 Å². The fraction of sp³-hybridized carbons (Fsp3) is 0.429. The summed E-state index contributed by atoms with van der Waals surface area (Å²) < 4.78 is 22.6. The average Bonchev–Trinajstić information content (AvgIpc) is 3.18. The second kappa shape index (κ2) is 5.85.